The van der Waals surface area contributed by atoms with Crippen LogP contribution in [0.5, 0.6) is 0 Å². The highest BCUT2D eigenvalue weighted by atomic mass is 16.7. The number of carbonyl (C=O) groups excluding carboxylic acids is 1. The molecule has 0 N–H and O–H groups in total. The number of carbonyl (C=O) groups is 1. The number of hydrogen-bond donors (Lipinski definition) is 0. The second kappa shape index (κ2) is 4.46. The zero-order valence-corrected chi connectivity index (χ0v) is 11.3. The Morgan fingerprint density at radius 1 is 1.44 bits per heavy atom. The van der Waals surface area contributed by atoms with Crippen LogP contribution in [-0.2, 0) is 14.3 Å². The highest BCUT2D eigenvalue weighted by Crippen LogP contribution is 2.30. The molecule has 94 valence electrons. The highest BCUT2D eigenvalue weighted by Gasteiger charge is 2.37. The molecule has 0 aromatic carbocycles. The van der Waals surface area contributed by atoms with Gasteiger partial charge in [-0.25, -0.2) is 0 Å². The van der Waals surface area contributed by atoms with Crippen molar-refractivity contribution in [1.29, 1.82) is 0 Å². The van der Waals surface area contributed by atoms with Crippen LogP contribution in [0.15, 0.2) is 0 Å². The van der Waals surface area contributed by atoms with Crippen molar-refractivity contribution in [3.05, 3.63) is 0 Å². The maximum atomic E-state index is 11.9. The van der Waals surface area contributed by atoms with Crippen LogP contribution in [0.1, 0.15) is 48.0 Å². The van der Waals surface area contributed by atoms with Crippen molar-refractivity contribution < 1.29 is 14.3 Å². The summed E-state index contributed by atoms with van der Waals surface area (Å²) >= 11 is 0. The molecule has 0 aromatic heterocycles. The Morgan fingerprint density at radius 3 is 2.38 bits per heavy atom. The van der Waals surface area contributed by atoms with Gasteiger partial charge in [0.25, 0.3) is 0 Å². The van der Waals surface area contributed by atoms with Crippen molar-refractivity contribution in [2.24, 2.45) is 11.3 Å². The fourth-order valence-corrected chi connectivity index (χ4v) is 1.73. The lowest BCUT2D eigenvalue weighted by Crippen LogP contribution is -2.30. The Bertz CT molecular complexity index is 263. The predicted molar refractivity (Wildman–Crippen MR) is 63.1 cm³/mol. The fraction of sp³-hybridized carbons (Fsp3) is 0.923. The largest absolute Gasteiger partial charge is 0.348 e. The third-order valence-corrected chi connectivity index (χ3v) is 3.01. The van der Waals surface area contributed by atoms with E-state index in [1.807, 2.05) is 34.6 Å². The molecule has 3 nitrogen and oxygen atoms in total. The van der Waals surface area contributed by atoms with Gasteiger partial charge in [0.15, 0.2) is 5.79 Å². The van der Waals surface area contributed by atoms with E-state index in [0.717, 1.165) is 0 Å². The van der Waals surface area contributed by atoms with Crippen molar-refractivity contribution in [2.75, 3.05) is 6.61 Å². The van der Waals surface area contributed by atoms with Crippen molar-refractivity contribution in [2.45, 2.75) is 59.9 Å². The Balaban J connectivity index is 2.48. The van der Waals surface area contributed by atoms with Crippen molar-refractivity contribution in [3.8, 4) is 0 Å². The van der Waals surface area contributed by atoms with Gasteiger partial charge < -0.3 is 9.47 Å². The molecule has 0 aliphatic carbocycles. The molecule has 1 aliphatic rings. The molecule has 1 rings (SSSR count). The molecule has 0 bridgehead atoms. The Kier molecular flexibility index (Phi) is 3.80. The molecule has 16 heavy (non-hydrogen) atoms. The summed E-state index contributed by atoms with van der Waals surface area (Å²) in [6.07, 6.45) is 0.606. The van der Waals surface area contributed by atoms with E-state index in [9.17, 15) is 4.79 Å². The molecule has 1 heterocycles. The normalized spacial score (nSPS) is 26.8. The summed E-state index contributed by atoms with van der Waals surface area (Å²) in [7, 11) is 0. The summed E-state index contributed by atoms with van der Waals surface area (Å²) in [5.41, 5.74) is -0.261. The van der Waals surface area contributed by atoms with Gasteiger partial charge in [-0.05, 0) is 19.8 Å². The zero-order valence-electron chi connectivity index (χ0n) is 11.3. The van der Waals surface area contributed by atoms with Gasteiger partial charge >= 0.3 is 0 Å². The minimum atomic E-state index is -0.496. The molecule has 1 unspecified atom stereocenters. The summed E-state index contributed by atoms with van der Waals surface area (Å²) in [5.74, 6) is 0.00535. The van der Waals surface area contributed by atoms with Crippen LogP contribution in [-0.4, -0.2) is 24.3 Å². The van der Waals surface area contributed by atoms with Crippen molar-refractivity contribution >= 4 is 5.78 Å². The Hall–Kier alpha value is -0.410. The van der Waals surface area contributed by atoms with E-state index in [2.05, 4.69) is 6.92 Å². The number of hydrogen-bond acceptors (Lipinski definition) is 3. The molecule has 0 spiro atoms. The molecule has 1 fully saturated rings. The monoisotopic (exact) mass is 228 g/mol. The number of Topliss-reactive ketones (excluding diaryl/α,β-unsaturated/α-hetero) is 1. The molecular weight excluding hydrogens is 204 g/mol. The van der Waals surface area contributed by atoms with E-state index in [4.69, 9.17) is 9.47 Å². The first kappa shape index (κ1) is 13.7. The SMILES string of the molecule is CC(CC(=O)C(C)(C)C)[C@H]1COC(C)(C)O1. The summed E-state index contributed by atoms with van der Waals surface area (Å²) in [6.45, 7) is 12.3. The first-order valence-electron chi connectivity index (χ1n) is 5.97. The van der Waals surface area contributed by atoms with E-state index in [0.29, 0.717) is 13.0 Å². The van der Waals surface area contributed by atoms with E-state index in [-0.39, 0.29) is 23.2 Å². The van der Waals surface area contributed by atoms with Crippen molar-refractivity contribution in [1.82, 2.24) is 0 Å². The molecule has 2 atom stereocenters. The number of ether oxygens (including phenoxy) is 2. The smallest absolute Gasteiger partial charge is 0.163 e. The van der Waals surface area contributed by atoms with E-state index in [1.165, 1.54) is 0 Å². The van der Waals surface area contributed by atoms with Crippen molar-refractivity contribution in [3.63, 3.8) is 0 Å². The standard InChI is InChI=1S/C13H24O3/c1-9(7-11(14)12(2,3)4)10-8-15-13(5,6)16-10/h9-10H,7-8H2,1-6H3/t9?,10-/m1/s1. The lowest BCUT2D eigenvalue weighted by atomic mass is 9.84. The van der Waals surface area contributed by atoms with Gasteiger partial charge in [0, 0.05) is 11.8 Å². The summed E-state index contributed by atoms with van der Waals surface area (Å²) < 4.78 is 11.3. The van der Waals surface area contributed by atoms with Gasteiger partial charge in [-0.2, -0.15) is 0 Å². The number of ketones is 1. The predicted octanol–water partition coefficient (Wildman–Crippen LogP) is 2.78. The second-order valence-electron chi connectivity index (χ2n) is 6.22. The van der Waals surface area contributed by atoms with Gasteiger partial charge in [0.05, 0.1) is 12.7 Å². The van der Waals surface area contributed by atoms with Gasteiger partial charge in [-0.3, -0.25) is 4.79 Å². The quantitative estimate of drug-likeness (QED) is 0.745. The molecule has 0 saturated carbocycles. The van der Waals surface area contributed by atoms with E-state index < -0.39 is 5.79 Å². The molecular formula is C13H24O3. The third kappa shape index (κ3) is 3.56. The lowest BCUT2D eigenvalue weighted by Gasteiger charge is -2.23. The fourth-order valence-electron chi connectivity index (χ4n) is 1.73. The Morgan fingerprint density at radius 2 is 2.00 bits per heavy atom. The van der Waals surface area contributed by atoms with Crippen LogP contribution in [0.2, 0.25) is 0 Å². The topological polar surface area (TPSA) is 35.5 Å². The second-order valence-corrected chi connectivity index (χ2v) is 6.22. The van der Waals surface area contributed by atoms with Gasteiger partial charge in [-0.1, -0.05) is 27.7 Å². The Labute approximate surface area is 98.5 Å². The third-order valence-electron chi connectivity index (χ3n) is 3.01. The maximum absolute atomic E-state index is 11.9. The summed E-state index contributed by atoms with van der Waals surface area (Å²) in [5, 5.41) is 0. The molecule has 0 amide bonds. The average Bonchev–Trinajstić information content (AvgIpc) is 2.44. The average molecular weight is 228 g/mol. The van der Waals surface area contributed by atoms with Gasteiger partial charge in [0.1, 0.15) is 5.78 Å². The van der Waals surface area contributed by atoms with Crippen LogP contribution in [0.25, 0.3) is 0 Å². The van der Waals surface area contributed by atoms with Crippen LogP contribution in [0.3, 0.4) is 0 Å². The van der Waals surface area contributed by atoms with E-state index in [1.54, 1.807) is 0 Å². The molecule has 3 heteroatoms. The minimum absolute atomic E-state index is 0.0429. The summed E-state index contributed by atoms with van der Waals surface area (Å²) in [4.78, 5) is 11.9. The molecule has 1 aliphatic heterocycles. The van der Waals surface area contributed by atoms with Gasteiger partial charge in [-0.15, -0.1) is 0 Å². The zero-order chi connectivity index (χ0) is 12.6. The first-order chi connectivity index (χ1) is 7.12. The van der Waals surface area contributed by atoms with E-state index >= 15 is 0 Å². The van der Waals surface area contributed by atoms with Crippen LogP contribution in [0, 0.1) is 11.3 Å². The molecule has 1 saturated heterocycles. The number of rotatable bonds is 3. The highest BCUT2D eigenvalue weighted by molar-refractivity contribution is 5.83. The van der Waals surface area contributed by atoms with Crippen LogP contribution < -0.4 is 0 Å². The maximum Gasteiger partial charge on any atom is 0.163 e. The van der Waals surface area contributed by atoms with Crippen LogP contribution >= 0.6 is 0 Å². The molecule has 0 radical (unpaired) electrons. The molecule has 0 aromatic rings. The first-order valence-corrected chi connectivity index (χ1v) is 5.97. The lowest BCUT2D eigenvalue weighted by molar-refractivity contribution is -0.146. The minimum Gasteiger partial charge on any atom is -0.348 e. The van der Waals surface area contributed by atoms with Gasteiger partial charge in [0.2, 0.25) is 0 Å². The summed E-state index contributed by atoms with van der Waals surface area (Å²) in [6, 6.07) is 0. The van der Waals surface area contributed by atoms with Crippen LogP contribution in [0.4, 0.5) is 0 Å².